The van der Waals surface area contributed by atoms with Crippen LogP contribution < -0.4 is 5.73 Å². The van der Waals surface area contributed by atoms with E-state index in [2.05, 4.69) is 21.1 Å². The van der Waals surface area contributed by atoms with E-state index in [4.69, 9.17) is 10.3 Å². The Morgan fingerprint density at radius 3 is 2.67 bits per heavy atom. The van der Waals surface area contributed by atoms with Gasteiger partial charge >= 0.3 is 0 Å². The van der Waals surface area contributed by atoms with Crippen molar-refractivity contribution in [3.8, 4) is 0 Å². The van der Waals surface area contributed by atoms with Gasteiger partial charge in [0, 0.05) is 23.3 Å². The molecule has 0 spiro atoms. The molecule has 6 nitrogen and oxygen atoms in total. The topological polar surface area (TPSA) is 89.4 Å². The summed E-state index contributed by atoms with van der Waals surface area (Å²) in [5.41, 5.74) is 6.19. The van der Waals surface area contributed by atoms with E-state index in [1.807, 2.05) is 0 Å². The van der Waals surface area contributed by atoms with Gasteiger partial charge in [-0.15, -0.1) is 0 Å². The van der Waals surface area contributed by atoms with Crippen molar-refractivity contribution >= 4 is 31.6 Å². The van der Waals surface area contributed by atoms with E-state index < -0.39 is 20.7 Å². The molecule has 21 heavy (non-hydrogen) atoms. The van der Waals surface area contributed by atoms with E-state index in [9.17, 15) is 12.8 Å². The maximum absolute atomic E-state index is 13.9. The van der Waals surface area contributed by atoms with Crippen molar-refractivity contribution in [2.24, 2.45) is 0 Å². The highest BCUT2D eigenvalue weighted by molar-refractivity contribution is 9.10. The van der Waals surface area contributed by atoms with Crippen molar-refractivity contribution in [2.45, 2.75) is 18.4 Å². The molecule has 0 radical (unpaired) electrons. The van der Waals surface area contributed by atoms with Gasteiger partial charge in [0.1, 0.15) is 16.5 Å². The molecule has 2 N–H and O–H groups in total. The van der Waals surface area contributed by atoms with Gasteiger partial charge in [0.25, 0.3) is 0 Å². The Kier molecular flexibility index (Phi) is 4.35. The summed E-state index contributed by atoms with van der Waals surface area (Å²) in [6.45, 7) is 1.66. The molecular weight excluding hydrogens is 365 g/mol. The van der Waals surface area contributed by atoms with Gasteiger partial charge in [-0.2, -0.15) is 4.31 Å². The lowest BCUT2D eigenvalue weighted by Gasteiger charge is -2.17. The van der Waals surface area contributed by atoms with Crippen LogP contribution in [0.25, 0.3) is 0 Å². The van der Waals surface area contributed by atoms with Gasteiger partial charge < -0.3 is 10.3 Å². The number of sulfonamides is 1. The summed E-state index contributed by atoms with van der Waals surface area (Å²) in [5.74, 6) is -0.311. The Labute approximate surface area is 129 Å². The van der Waals surface area contributed by atoms with E-state index in [0.29, 0.717) is 15.9 Å². The SMILES string of the molecule is Cc1cc(CN(C)S(=O)(=O)c2cc(N)c(Br)cc2F)no1. The van der Waals surface area contributed by atoms with Gasteiger partial charge in [-0.05, 0) is 35.0 Å². The molecule has 2 aromatic rings. The first kappa shape index (κ1) is 15.9. The van der Waals surface area contributed by atoms with Crippen LogP contribution in [0.1, 0.15) is 11.5 Å². The van der Waals surface area contributed by atoms with Crippen LogP contribution in [0, 0.1) is 12.7 Å². The van der Waals surface area contributed by atoms with Crippen LogP contribution in [0.3, 0.4) is 0 Å². The molecule has 0 unspecified atom stereocenters. The molecule has 2 rings (SSSR count). The zero-order chi connectivity index (χ0) is 15.8. The summed E-state index contributed by atoms with van der Waals surface area (Å²) < 4.78 is 44.8. The Bertz CT molecular complexity index is 776. The number of aryl methyl sites for hydroxylation is 1. The minimum absolute atomic E-state index is 0.0327. The number of nitrogen functional groups attached to an aromatic ring is 1. The Hall–Kier alpha value is -1.45. The quantitative estimate of drug-likeness (QED) is 0.825. The number of aromatic nitrogens is 1. The second-order valence-electron chi connectivity index (χ2n) is 4.49. The number of anilines is 1. The van der Waals surface area contributed by atoms with E-state index in [1.165, 1.54) is 7.05 Å². The van der Waals surface area contributed by atoms with Crippen LogP contribution in [0.4, 0.5) is 10.1 Å². The van der Waals surface area contributed by atoms with Crippen LogP contribution in [0.5, 0.6) is 0 Å². The number of halogens is 2. The van der Waals surface area contributed by atoms with Crippen LogP contribution in [-0.2, 0) is 16.6 Å². The Morgan fingerprint density at radius 1 is 1.43 bits per heavy atom. The van der Waals surface area contributed by atoms with Crippen molar-refractivity contribution in [1.29, 1.82) is 0 Å². The van der Waals surface area contributed by atoms with Crippen LogP contribution in [0.2, 0.25) is 0 Å². The zero-order valence-corrected chi connectivity index (χ0v) is 13.7. The average Bonchev–Trinajstić information content (AvgIpc) is 2.79. The monoisotopic (exact) mass is 377 g/mol. The second-order valence-corrected chi connectivity index (χ2v) is 7.36. The molecular formula is C12H13BrFN3O3S. The molecule has 0 saturated heterocycles. The largest absolute Gasteiger partial charge is 0.398 e. The highest BCUT2D eigenvalue weighted by Gasteiger charge is 2.26. The molecule has 114 valence electrons. The minimum atomic E-state index is -4.02. The average molecular weight is 378 g/mol. The molecule has 1 heterocycles. The Balaban J connectivity index is 2.35. The number of nitrogens with zero attached hydrogens (tertiary/aromatic N) is 2. The molecule has 0 bridgehead atoms. The maximum Gasteiger partial charge on any atom is 0.246 e. The van der Waals surface area contributed by atoms with Crippen molar-refractivity contribution in [2.75, 3.05) is 12.8 Å². The van der Waals surface area contributed by atoms with E-state index >= 15 is 0 Å². The number of hydrogen-bond donors (Lipinski definition) is 1. The lowest BCUT2D eigenvalue weighted by molar-refractivity contribution is 0.377. The molecule has 0 amide bonds. The first-order chi connectivity index (χ1) is 9.71. The maximum atomic E-state index is 13.9. The fourth-order valence-corrected chi connectivity index (χ4v) is 3.25. The van der Waals surface area contributed by atoms with Gasteiger partial charge in [0.05, 0.1) is 12.2 Å². The number of hydrogen-bond acceptors (Lipinski definition) is 5. The molecule has 1 aromatic carbocycles. The van der Waals surface area contributed by atoms with E-state index in [1.54, 1.807) is 13.0 Å². The van der Waals surface area contributed by atoms with E-state index in [-0.39, 0.29) is 12.2 Å². The lowest BCUT2D eigenvalue weighted by Crippen LogP contribution is -2.27. The molecule has 9 heteroatoms. The van der Waals surface area contributed by atoms with Gasteiger partial charge in [-0.3, -0.25) is 0 Å². The molecule has 0 saturated carbocycles. The molecule has 0 aliphatic rings. The molecule has 0 aliphatic carbocycles. The van der Waals surface area contributed by atoms with Crippen LogP contribution in [0.15, 0.2) is 32.1 Å². The Morgan fingerprint density at radius 2 is 2.10 bits per heavy atom. The summed E-state index contributed by atoms with van der Waals surface area (Å²) in [7, 11) is -2.69. The number of benzene rings is 1. The predicted octanol–water partition coefficient (Wildman–Crippen LogP) is 2.29. The molecule has 0 aliphatic heterocycles. The fourth-order valence-electron chi connectivity index (χ4n) is 1.72. The summed E-state index contributed by atoms with van der Waals surface area (Å²) in [5, 5.41) is 3.71. The number of nitrogens with two attached hydrogens (primary N) is 1. The summed E-state index contributed by atoms with van der Waals surface area (Å²) in [6.07, 6.45) is 0. The standard InChI is InChI=1S/C12H13BrFN3O3S/c1-7-3-8(16-20-7)6-17(2)21(18,19)12-5-11(15)9(13)4-10(12)14/h3-5H,6,15H2,1-2H3. The van der Waals surface area contributed by atoms with E-state index in [0.717, 1.165) is 16.4 Å². The third-order valence-electron chi connectivity index (χ3n) is 2.80. The summed E-state index contributed by atoms with van der Waals surface area (Å²) in [4.78, 5) is -0.481. The second kappa shape index (κ2) is 5.74. The van der Waals surface area contributed by atoms with Crippen LogP contribution in [-0.4, -0.2) is 24.9 Å². The summed E-state index contributed by atoms with van der Waals surface area (Å²) >= 11 is 3.04. The predicted molar refractivity (Wildman–Crippen MR) is 78.4 cm³/mol. The first-order valence-corrected chi connectivity index (χ1v) is 8.08. The molecule has 0 fully saturated rings. The number of rotatable bonds is 4. The van der Waals surface area contributed by atoms with Crippen LogP contribution >= 0.6 is 15.9 Å². The third kappa shape index (κ3) is 3.25. The van der Waals surface area contributed by atoms with Crippen molar-refractivity contribution in [1.82, 2.24) is 9.46 Å². The fraction of sp³-hybridized carbons (Fsp3) is 0.250. The third-order valence-corrected chi connectivity index (χ3v) is 5.31. The molecule has 1 aromatic heterocycles. The van der Waals surface area contributed by atoms with Gasteiger partial charge in [0.2, 0.25) is 10.0 Å². The van der Waals surface area contributed by atoms with Crippen molar-refractivity contribution < 1.29 is 17.3 Å². The lowest BCUT2D eigenvalue weighted by atomic mass is 10.3. The smallest absolute Gasteiger partial charge is 0.246 e. The van der Waals surface area contributed by atoms with Gasteiger partial charge in [-0.25, -0.2) is 12.8 Å². The first-order valence-electron chi connectivity index (χ1n) is 5.85. The van der Waals surface area contributed by atoms with Crippen molar-refractivity contribution in [3.05, 3.63) is 39.9 Å². The van der Waals surface area contributed by atoms with Gasteiger partial charge in [-0.1, -0.05) is 5.16 Å². The van der Waals surface area contributed by atoms with Gasteiger partial charge in [0.15, 0.2) is 0 Å². The summed E-state index contributed by atoms with van der Waals surface area (Å²) in [6, 6.07) is 3.72. The van der Waals surface area contributed by atoms with Crippen molar-refractivity contribution in [3.63, 3.8) is 0 Å². The minimum Gasteiger partial charge on any atom is -0.398 e. The highest BCUT2D eigenvalue weighted by Crippen LogP contribution is 2.28. The zero-order valence-electron chi connectivity index (χ0n) is 11.3. The molecule has 0 atom stereocenters. The normalized spacial score (nSPS) is 12.0. The highest BCUT2D eigenvalue weighted by atomic mass is 79.9.